The van der Waals surface area contributed by atoms with E-state index in [9.17, 15) is 9.59 Å². The van der Waals surface area contributed by atoms with Crippen molar-refractivity contribution in [2.45, 2.75) is 0 Å². The molecule has 0 spiro atoms. The minimum Gasteiger partial charge on any atom is -0.323 e. The Kier molecular flexibility index (Phi) is 3.57. The Hall–Kier alpha value is -2.04. The Balaban J connectivity index is 2.04. The molecule has 0 bridgehead atoms. The molecule has 2 aromatic rings. The van der Waals surface area contributed by atoms with Crippen LogP contribution in [-0.2, 0) is 4.79 Å². The summed E-state index contributed by atoms with van der Waals surface area (Å²) in [6.07, 6.45) is 0. The lowest BCUT2D eigenvalue weighted by molar-refractivity contribution is -0.115. The van der Waals surface area contributed by atoms with Crippen molar-refractivity contribution in [2.24, 2.45) is 0 Å². The van der Waals surface area contributed by atoms with Crippen LogP contribution in [0.2, 0.25) is 10.0 Å². The molecule has 2 amide bonds. The minimum atomic E-state index is -0.334. The first-order valence-electron chi connectivity index (χ1n) is 6.22. The van der Waals surface area contributed by atoms with Crippen LogP contribution in [0.5, 0.6) is 0 Å². The van der Waals surface area contributed by atoms with Gasteiger partial charge in [0.15, 0.2) is 0 Å². The number of para-hydroxylation sites is 2. The fourth-order valence-corrected chi connectivity index (χ4v) is 2.71. The van der Waals surface area contributed by atoms with Gasteiger partial charge in [-0.1, -0.05) is 35.3 Å². The molecule has 0 aliphatic carbocycles. The number of hydrogen-bond acceptors (Lipinski definition) is 2. The molecule has 21 heavy (non-hydrogen) atoms. The van der Waals surface area contributed by atoms with E-state index in [1.165, 1.54) is 11.0 Å². The van der Waals surface area contributed by atoms with Crippen molar-refractivity contribution in [2.75, 3.05) is 16.8 Å². The van der Waals surface area contributed by atoms with Crippen LogP contribution in [0.4, 0.5) is 11.4 Å². The summed E-state index contributed by atoms with van der Waals surface area (Å²) in [7, 11) is 0. The Labute approximate surface area is 131 Å². The summed E-state index contributed by atoms with van der Waals surface area (Å²) in [6.45, 7) is -0.0468. The third kappa shape index (κ3) is 2.60. The lowest BCUT2D eigenvalue weighted by atomic mass is 10.1. The predicted molar refractivity (Wildman–Crippen MR) is 83.2 cm³/mol. The van der Waals surface area contributed by atoms with Crippen LogP contribution in [0, 0.1) is 0 Å². The van der Waals surface area contributed by atoms with E-state index in [2.05, 4.69) is 5.32 Å². The highest BCUT2D eigenvalue weighted by Gasteiger charge is 2.28. The van der Waals surface area contributed by atoms with Gasteiger partial charge in [0.25, 0.3) is 5.91 Å². The van der Waals surface area contributed by atoms with Gasteiger partial charge in [0.1, 0.15) is 6.54 Å². The molecule has 1 aliphatic rings. The first-order chi connectivity index (χ1) is 10.1. The van der Waals surface area contributed by atoms with Gasteiger partial charge in [-0.15, -0.1) is 0 Å². The van der Waals surface area contributed by atoms with Gasteiger partial charge in [0, 0.05) is 5.02 Å². The fourth-order valence-electron chi connectivity index (χ4n) is 2.22. The number of anilines is 2. The molecule has 1 heterocycles. The number of nitrogens with one attached hydrogen (secondary N) is 1. The Morgan fingerprint density at radius 1 is 1.14 bits per heavy atom. The van der Waals surface area contributed by atoms with E-state index < -0.39 is 0 Å². The topological polar surface area (TPSA) is 49.4 Å². The van der Waals surface area contributed by atoms with Crippen molar-refractivity contribution < 1.29 is 9.59 Å². The summed E-state index contributed by atoms with van der Waals surface area (Å²) in [6, 6.07) is 11.8. The molecule has 0 saturated carbocycles. The van der Waals surface area contributed by atoms with Gasteiger partial charge in [0.05, 0.1) is 22.0 Å². The highest BCUT2D eigenvalue weighted by molar-refractivity contribution is 6.37. The smallest absolute Gasteiger partial charge is 0.260 e. The maximum absolute atomic E-state index is 12.7. The van der Waals surface area contributed by atoms with E-state index in [4.69, 9.17) is 23.2 Å². The quantitative estimate of drug-likeness (QED) is 0.872. The number of amides is 2. The molecular formula is C15H10Cl2N2O2. The van der Waals surface area contributed by atoms with Gasteiger partial charge in [-0.25, -0.2) is 0 Å². The van der Waals surface area contributed by atoms with Crippen LogP contribution in [0.3, 0.4) is 0 Å². The summed E-state index contributed by atoms with van der Waals surface area (Å²) in [5, 5.41) is 3.45. The zero-order chi connectivity index (χ0) is 15.0. The number of halogens is 2. The van der Waals surface area contributed by atoms with Gasteiger partial charge < -0.3 is 5.32 Å². The monoisotopic (exact) mass is 320 g/mol. The van der Waals surface area contributed by atoms with E-state index >= 15 is 0 Å². The molecule has 1 N–H and O–H groups in total. The second kappa shape index (κ2) is 5.39. The van der Waals surface area contributed by atoms with Gasteiger partial charge in [-0.05, 0) is 30.3 Å². The van der Waals surface area contributed by atoms with Gasteiger partial charge >= 0.3 is 0 Å². The van der Waals surface area contributed by atoms with Crippen molar-refractivity contribution in [3.05, 3.63) is 58.1 Å². The Morgan fingerprint density at radius 2 is 1.90 bits per heavy atom. The average molecular weight is 321 g/mol. The number of fused-ring (bicyclic) bond motifs is 1. The maximum atomic E-state index is 12.7. The highest BCUT2D eigenvalue weighted by Crippen LogP contribution is 2.31. The summed E-state index contributed by atoms with van der Waals surface area (Å²) < 4.78 is 0. The van der Waals surface area contributed by atoms with Gasteiger partial charge in [-0.3, -0.25) is 14.5 Å². The lowest BCUT2D eigenvalue weighted by Gasteiger charge is -2.29. The van der Waals surface area contributed by atoms with Crippen LogP contribution in [0.25, 0.3) is 0 Å². The summed E-state index contributed by atoms with van der Waals surface area (Å²) in [4.78, 5) is 25.8. The summed E-state index contributed by atoms with van der Waals surface area (Å²) in [5.74, 6) is -0.578. The molecule has 2 aromatic carbocycles. The lowest BCUT2D eigenvalue weighted by Crippen LogP contribution is -2.42. The van der Waals surface area contributed by atoms with Crippen molar-refractivity contribution >= 4 is 46.4 Å². The molecule has 0 aromatic heterocycles. The van der Waals surface area contributed by atoms with Crippen molar-refractivity contribution in [1.29, 1.82) is 0 Å². The second-order valence-corrected chi connectivity index (χ2v) is 5.42. The normalized spacial score (nSPS) is 13.6. The van der Waals surface area contributed by atoms with Crippen molar-refractivity contribution in [3.63, 3.8) is 0 Å². The van der Waals surface area contributed by atoms with Gasteiger partial charge in [0.2, 0.25) is 5.91 Å². The molecule has 6 heteroatoms. The molecule has 3 rings (SSSR count). The highest BCUT2D eigenvalue weighted by atomic mass is 35.5. The molecule has 0 saturated heterocycles. The molecule has 0 unspecified atom stereocenters. The SMILES string of the molecule is O=C1CN(C(=O)c2ccc(Cl)cc2Cl)c2ccccc2N1. The molecule has 1 aliphatic heterocycles. The van der Waals surface area contributed by atoms with Crippen LogP contribution in [0.1, 0.15) is 10.4 Å². The van der Waals surface area contributed by atoms with Crippen LogP contribution < -0.4 is 10.2 Å². The molecular weight excluding hydrogens is 311 g/mol. The largest absolute Gasteiger partial charge is 0.323 e. The summed E-state index contributed by atoms with van der Waals surface area (Å²) >= 11 is 11.9. The third-order valence-corrected chi connectivity index (χ3v) is 3.73. The van der Waals surface area contributed by atoms with Crippen LogP contribution in [0.15, 0.2) is 42.5 Å². The van der Waals surface area contributed by atoms with Crippen molar-refractivity contribution in [1.82, 2.24) is 0 Å². The Bertz CT molecular complexity index is 746. The number of rotatable bonds is 1. The van der Waals surface area contributed by atoms with E-state index in [0.29, 0.717) is 22.0 Å². The van der Waals surface area contributed by atoms with E-state index in [-0.39, 0.29) is 23.4 Å². The van der Waals surface area contributed by atoms with E-state index in [1.54, 1.807) is 36.4 Å². The standard InChI is InChI=1S/C15H10Cl2N2O2/c16-9-5-6-10(11(17)7-9)15(21)19-8-14(20)18-12-3-1-2-4-13(12)19/h1-7H,8H2,(H,18,20). The average Bonchev–Trinajstić information content (AvgIpc) is 2.45. The van der Waals surface area contributed by atoms with Crippen molar-refractivity contribution in [3.8, 4) is 0 Å². The molecule has 0 fully saturated rings. The van der Waals surface area contributed by atoms with Gasteiger partial charge in [-0.2, -0.15) is 0 Å². The third-order valence-electron chi connectivity index (χ3n) is 3.18. The number of nitrogens with zero attached hydrogens (tertiary/aromatic N) is 1. The second-order valence-electron chi connectivity index (χ2n) is 4.58. The van der Waals surface area contributed by atoms with Crippen LogP contribution >= 0.6 is 23.2 Å². The molecule has 0 radical (unpaired) electrons. The molecule has 0 atom stereocenters. The van der Waals surface area contributed by atoms with Crippen LogP contribution in [-0.4, -0.2) is 18.4 Å². The first kappa shape index (κ1) is 13.9. The number of benzene rings is 2. The zero-order valence-corrected chi connectivity index (χ0v) is 12.3. The zero-order valence-electron chi connectivity index (χ0n) is 10.8. The van der Waals surface area contributed by atoms with E-state index in [0.717, 1.165) is 0 Å². The number of carbonyl (C=O) groups is 2. The van der Waals surface area contributed by atoms with E-state index in [1.807, 2.05) is 0 Å². The Morgan fingerprint density at radius 3 is 2.67 bits per heavy atom. The minimum absolute atomic E-state index is 0.0468. The predicted octanol–water partition coefficient (Wildman–Crippen LogP) is 3.59. The first-order valence-corrected chi connectivity index (χ1v) is 6.97. The molecule has 4 nitrogen and oxygen atoms in total. The fraction of sp³-hybridized carbons (Fsp3) is 0.0667. The number of hydrogen-bond donors (Lipinski definition) is 1. The summed E-state index contributed by atoms with van der Waals surface area (Å²) in [5.41, 5.74) is 1.56. The maximum Gasteiger partial charge on any atom is 0.260 e. The molecule has 106 valence electrons. The number of carbonyl (C=O) groups excluding carboxylic acids is 2.